The molecule has 2 atom stereocenters. The molecule has 1 aliphatic carbocycles. The molecule has 1 saturated carbocycles. The first-order valence-electron chi connectivity index (χ1n) is 10.5. The van der Waals surface area contributed by atoms with E-state index in [4.69, 9.17) is 23.2 Å². The zero-order chi connectivity index (χ0) is 21.4. The Kier molecular flexibility index (Phi) is 5.77. The summed E-state index contributed by atoms with van der Waals surface area (Å²) in [5, 5.41) is 11.0. The molecule has 0 aromatic carbocycles. The van der Waals surface area contributed by atoms with E-state index in [0.717, 1.165) is 29.8 Å². The zero-order valence-electron chi connectivity index (χ0n) is 17.5. The maximum absolute atomic E-state index is 10.5. The van der Waals surface area contributed by atoms with Crippen LogP contribution in [0.4, 0.5) is 5.82 Å². The van der Waals surface area contributed by atoms with Gasteiger partial charge in [0.2, 0.25) is 0 Å². The third-order valence-electron chi connectivity index (χ3n) is 6.30. The summed E-state index contributed by atoms with van der Waals surface area (Å²) < 4.78 is 2.14. The van der Waals surface area contributed by atoms with Crippen LogP contribution in [0, 0.1) is 18.4 Å². The molecule has 4 rings (SSSR count). The van der Waals surface area contributed by atoms with Gasteiger partial charge in [-0.1, -0.05) is 37.9 Å². The van der Waals surface area contributed by atoms with Gasteiger partial charge in [0.05, 0.1) is 10.5 Å². The van der Waals surface area contributed by atoms with E-state index in [9.17, 15) is 5.11 Å². The Morgan fingerprint density at radius 1 is 1.17 bits per heavy atom. The van der Waals surface area contributed by atoms with Gasteiger partial charge in [0, 0.05) is 24.0 Å². The Morgan fingerprint density at radius 3 is 2.53 bits per heavy atom. The summed E-state index contributed by atoms with van der Waals surface area (Å²) in [5.74, 6) is 2.14. The molecule has 3 aromatic rings. The fourth-order valence-corrected chi connectivity index (χ4v) is 4.79. The van der Waals surface area contributed by atoms with Crippen LogP contribution in [0.3, 0.4) is 0 Å². The van der Waals surface area contributed by atoms with Gasteiger partial charge < -0.3 is 14.5 Å². The number of hydrogen-bond donors (Lipinski definition) is 1. The Hall–Kier alpha value is -2.49. The second-order valence-corrected chi connectivity index (χ2v) is 8.91. The van der Waals surface area contributed by atoms with Crippen LogP contribution in [0.15, 0.2) is 24.5 Å². The Labute approximate surface area is 181 Å². The van der Waals surface area contributed by atoms with E-state index in [1.165, 1.54) is 12.8 Å². The first-order chi connectivity index (χ1) is 14.4. The van der Waals surface area contributed by atoms with E-state index >= 15 is 0 Å². The number of aromatic nitrogens is 4. The SMILES string of the molecule is [C-]#[N+]c1cc2nc([C@@H](C)O)n(C(C)C3CCC(C)CC3)c2c(-c2cncc(Cl)c2)n1. The monoisotopic (exact) mass is 423 g/mol. The Balaban J connectivity index is 1.96. The molecule has 3 heterocycles. The van der Waals surface area contributed by atoms with Crippen LogP contribution >= 0.6 is 11.6 Å². The highest BCUT2D eigenvalue weighted by Crippen LogP contribution is 2.41. The first-order valence-corrected chi connectivity index (χ1v) is 10.9. The number of hydrogen-bond acceptors (Lipinski definition) is 4. The molecule has 0 saturated heterocycles. The van der Waals surface area contributed by atoms with Gasteiger partial charge in [0.15, 0.2) is 5.69 Å². The van der Waals surface area contributed by atoms with Crippen LogP contribution in [0.1, 0.15) is 64.4 Å². The van der Waals surface area contributed by atoms with Crippen molar-refractivity contribution in [1.82, 2.24) is 19.5 Å². The third-order valence-corrected chi connectivity index (χ3v) is 6.51. The molecular formula is C23H26ClN5O. The lowest BCUT2D eigenvalue weighted by atomic mass is 9.79. The zero-order valence-corrected chi connectivity index (χ0v) is 18.3. The first kappa shape index (κ1) is 20.8. The number of rotatable bonds is 4. The van der Waals surface area contributed by atoms with E-state index in [2.05, 4.69) is 33.2 Å². The van der Waals surface area contributed by atoms with Crippen LogP contribution in [0.2, 0.25) is 5.02 Å². The minimum atomic E-state index is -0.732. The van der Waals surface area contributed by atoms with E-state index in [1.807, 2.05) is 0 Å². The second-order valence-electron chi connectivity index (χ2n) is 8.48. The summed E-state index contributed by atoms with van der Waals surface area (Å²) in [6.45, 7) is 13.7. The van der Waals surface area contributed by atoms with Crippen molar-refractivity contribution in [3.05, 3.63) is 46.8 Å². The molecule has 0 aliphatic heterocycles. The molecule has 0 bridgehead atoms. The standard InChI is InChI=1S/C23H26ClN5O/c1-13-5-7-16(8-6-13)14(2)29-22-19(27-23(29)15(3)30)10-20(25-4)28-21(22)17-9-18(24)12-26-11-17/h9-16,30H,5-8H2,1-3H3/t13?,14?,15-,16?/m1/s1. The number of nitrogens with zero attached hydrogens (tertiary/aromatic N) is 5. The third kappa shape index (κ3) is 3.80. The highest BCUT2D eigenvalue weighted by atomic mass is 35.5. The topological polar surface area (TPSA) is 68.2 Å². The molecule has 6 nitrogen and oxygen atoms in total. The minimum Gasteiger partial charge on any atom is -0.385 e. The number of aliphatic hydroxyl groups is 1. The van der Waals surface area contributed by atoms with Crippen LogP contribution in [0.5, 0.6) is 0 Å². The predicted molar refractivity (Wildman–Crippen MR) is 118 cm³/mol. The molecular weight excluding hydrogens is 398 g/mol. The molecule has 1 N–H and O–H groups in total. The van der Waals surface area contributed by atoms with E-state index in [1.54, 1.807) is 31.5 Å². The van der Waals surface area contributed by atoms with Crippen molar-refractivity contribution in [2.75, 3.05) is 0 Å². The van der Waals surface area contributed by atoms with Crippen LogP contribution in [0.25, 0.3) is 27.1 Å². The van der Waals surface area contributed by atoms with Crippen molar-refractivity contribution in [1.29, 1.82) is 0 Å². The molecule has 0 amide bonds. The fourth-order valence-electron chi connectivity index (χ4n) is 4.61. The number of aliphatic hydroxyl groups excluding tert-OH is 1. The van der Waals surface area contributed by atoms with Gasteiger partial charge in [-0.2, -0.15) is 0 Å². The van der Waals surface area contributed by atoms with Gasteiger partial charge in [-0.05, 0) is 50.7 Å². The largest absolute Gasteiger partial charge is 0.385 e. The molecule has 3 aromatic heterocycles. The molecule has 0 radical (unpaired) electrons. The molecule has 7 heteroatoms. The van der Waals surface area contributed by atoms with E-state index in [-0.39, 0.29) is 11.9 Å². The number of halogens is 1. The number of fused-ring (bicyclic) bond motifs is 1. The highest BCUT2D eigenvalue weighted by molar-refractivity contribution is 6.30. The maximum atomic E-state index is 10.5. The molecule has 1 unspecified atom stereocenters. The van der Waals surface area contributed by atoms with E-state index in [0.29, 0.717) is 28.0 Å². The maximum Gasteiger partial charge on any atom is 0.272 e. The summed E-state index contributed by atoms with van der Waals surface area (Å²) in [4.78, 5) is 17.1. The van der Waals surface area contributed by atoms with Crippen LogP contribution in [-0.4, -0.2) is 24.6 Å². The van der Waals surface area contributed by atoms with Crippen molar-refractivity contribution in [3.8, 4) is 11.3 Å². The summed E-state index contributed by atoms with van der Waals surface area (Å²) >= 11 is 6.20. The molecule has 1 aliphatic rings. The lowest BCUT2D eigenvalue weighted by molar-refractivity contribution is 0.169. The van der Waals surface area contributed by atoms with Crippen molar-refractivity contribution >= 4 is 28.5 Å². The van der Waals surface area contributed by atoms with Gasteiger partial charge in [0.1, 0.15) is 17.4 Å². The molecule has 1 fully saturated rings. The van der Waals surface area contributed by atoms with Gasteiger partial charge in [0.25, 0.3) is 5.82 Å². The average Bonchev–Trinajstić information content (AvgIpc) is 3.13. The summed E-state index contributed by atoms with van der Waals surface area (Å²) in [6, 6.07) is 3.65. The molecule has 30 heavy (non-hydrogen) atoms. The predicted octanol–water partition coefficient (Wildman–Crippen LogP) is 6.14. The average molecular weight is 424 g/mol. The van der Waals surface area contributed by atoms with Crippen molar-refractivity contribution < 1.29 is 5.11 Å². The lowest BCUT2D eigenvalue weighted by Crippen LogP contribution is -2.24. The molecule has 156 valence electrons. The number of imidazole rings is 1. The van der Waals surface area contributed by atoms with Crippen LogP contribution in [-0.2, 0) is 0 Å². The van der Waals surface area contributed by atoms with Crippen LogP contribution < -0.4 is 0 Å². The van der Waals surface area contributed by atoms with Crippen molar-refractivity contribution in [2.24, 2.45) is 11.8 Å². The smallest absolute Gasteiger partial charge is 0.272 e. The van der Waals surface area contributed by atoms with E-state index < -0.39 is 6.10 Å². The van der Waals surface area contributed by atoms with Crippen molar-refractivity contribution in [2.45, 2.75) is 58.6 Å². The minimum absolute atomic E-state index is 0.151. The Bertz CT molecular complexity index is 1110. The van der Waals surface area contributed by atoms with Gasteiger partial charge in [-0.3, -0.25) is 4.98 Å². The van der Waals surface area contributed by atoms with Gasteiger partial charge >= 0.3 is 0 Å². The normalized spacial score (nSPS) is 21.3. The van der Waals surface area contributed by atoms with Crippen molar-refractivity contribution in [3.63, 3.8) is 0 Å². The summed E-state index contributed by atoms with van der Waals surface area (Å²) in [5.41, 5.74) is 2.86. The Morgan fingerprint density at radius 2 is 1.90 bits per heavy atom. The lowest BCUT2D eigenvalue weighted by Gasteiger charge is -2.33. The summed E-state index contributed by atoms with van der Waals surface area (Å²) in [7, 11) is 0. The summed E-state index contributed by atoms with van der Waals surface area (Å²) in [6.07, 6.45) is 7.29. The molecule has 0 spiro atoms. The quantitative estimate of drug-likeness (QED) is 0.512. The van der Waals surface area contributed by atoms with Gasteiger partial charge in [-0.15, -0.1) is 4.98 Å². The number of pyridine rings is 2. The highest BCUT2D eigenvalue weighted by Gasteiger charge is 2.30. The second kappa shape index (κ2) is 8.33. The fraction of sp³-hybridized carbons (Fsp3) is 0.478. The van der Waals surface area contributed by atoms with Gasteiger partial charge in [-0.25, -0.2) is 4.98 Å².